The molecule has 2 aliphatic rings. The van der Waals surface area contributed by atoms with Crippen LogP contribution in [0.5, 0.6) is 0 Å². The van der Waals surface area contributed by atoms with Crippen LogP contribution in [0.2, 0.25) is 0 Å². The summed E-state index contributed by atoms with van der Waals surface area (Å²) in [6.07, 6.45) is -0.0802. The Morgan fingerprint density at radius 3 is 2.20 bits per heavy atom. The van der Waals surface area contributed by atoms with Crippen molar-refractivity contribution in [3.8, 4) is 11.1 Å². The number of hydrogen-bond donors (Lipinski definition) is 2. The Morgan fingerprint density at radius 2 is 1.67 bits per heavy atom. The normalized spacial score (nSPS) is 22.5. The minimum Gasteiger partial charge on any atom is -0.479 e. The minimum absolute atomic E-state index is 0.00865. The molecule has 1 fully saturated rings. The van der Waals surface area contributed by atoms with Crippen LogP contribution >= 0.6 is 0 Å². The molecule has 0 unspecified atom stereocenters. The summed E-state index contributed by atoms with van der Waals surface area (Å²) in [5.41, 5.74) is 8.08. The number of nitrogens with zero attached hydrogens (tertiary/aromatic N) is 1. The van der Waals surface area contributed by atoms with E-state index in [4.69, 9.17) is 10.5 Å². The maximum absolute atomic E-state index is 13.1. The van der Waals surface area contributed by atoms with E-state index in [1.165, 1.54) is 0 Å². The molecule has 0 radical (unpaired) electrons. The van der Waals surface area contributed by atoms with E-state index in [0.717, 1.165) is 27.2 Å². The Kier molecular flexibility index (Phi) is 5.07. The molecule has 2 atom stereocenters. The monoisotopic (exact) mass is 408 g/mol. The number of ether oxygens (including phenoxy) is 1. The standard InChI is InChI=1S/C23H24N2O5/c1-2-20(26)25-12-14(24)11-23(25,21(27)28)22(29)30-13-19-17-9-5-3-7-15(17)16-8-4-6-10-18(16)19/h3-10,14,19H,2,11-13,24H2,1H3,(H,27,28)/t14-,23-/m0/s1. The van der Waals surface area contributed by atoms with E-state index in [-0.39, 0.29) is 31.9 Å². The lowest BCUT2D eigenvalue weighted by molar-refractivity contribution is -0.173. The molecule has 0 saturated carbocycles. The van der Waals surface area contributed by atoms with Crippen LogP contribution in [0, 0.1) is 0 Å². The van der Waals surface area contributed by atoms with Crippen molar-refractivity contribution in [2.45, 2.75) is 37.3 Å². The highest BCUT2D eigenvalue weighted by Gasteiger charge is 2.59. The van der Waals surface area contributed by atoms with Crippen LogP contribution in [0.4, 0.5) is 0 Å². The number of aliphatic carboxylic acids is 1. The number of nitrogens with two attached hydrogens (primary N) is 1. The summed E-state index contributed by atoms with van der Waals surface area (Å²) >= 11 is 0. The van der Waals surface area contributed by atoms with Gasteiger partial charge in [-0.15, -0.1) is 0 Å². The third-order valence-corrected chi connectivity index (χ3v) is 6.07. The molecule has 2 aromatic carbocycles. The first-order valence-electron chi connectivity index (χ1n) is 10.0. The lowest BCUT2D eigenvalue weighted by Crippen LogP contribution is -2.59. The highest BCUT2D eigenvalue weighted by molar-refractivity contribution is 6.07. The first kappa shape index (κ1) is 20.1. The van der Waals surface area contributed by atoms with E-state index in [9.17, 15) is 19.5 Å². The number of carbonyl (C=O) groups is 3. The van der Waals surface area contributed by atoms with E-state index in [0.29, 0.717) is 0 Å². The number of hydrogen-bond acceptors (Lipinski definition) is 5. The van der Waals surface area contributed by atoms with Crippen LogP contribution in [-0.4, -0.2) is 52.6 Å². The molecule has 2 aromatic rings. The zero-order valence-corrected chi connectivity index (χ0v) is 16.7. The Hall–Kier alpha value is -3.19. The zero-order chi connectivity index (χ0) is 21.5. The summed E-state index contributed by atoms with van der Waals surface area (Å²) in [4.78, 5) is 38.7. The van der Waals surface area contributed by atoms with Gasteiger partial charge in [0, 0.05) is 31.3 Å². The summed E-state index contributed by atoms with van der Waals surface area (Å²) in [5.74, 6) is -2.97. The average Bonchev–Trinajstić information content (AvgIpc) is 3.27. The molecule has 1 heterocycles. The molecule has 1 aliphatic carbocycles. The van der Waals surface area contributed by atoms with Gasteiger partial charge < -0.3 is 20.5 Å². The van der Waals surface area contributed by atoms with Crippen molar-refractivity contribution in [3.05, 3.63) is 59.7 Å². The molecule has 156 valence electrons. The fourth-order valence-corrected chi connectivity index (χ4v) is 4.65. The van der Waals surface area contributed by atoms with Gasteiger partial charge in [0.15, 0.2) is 0 Å². The predicted molar refractivity (Wildman–Crippen MR) is 110 cm³/mol. The molecule has 4 rings (SSSR count). The third kappa shape index (κ3) is 2.97. The molecule has 3 N–H and O–H groups in total. The summed E-state index contributed by atoms with van der Waals surface area (Å²) in [7, 11) is 0. The number of carbonyl (C=O) groups excluding carboxylic acids is 2. The van der Waals surface area contributed by atoms with Crippen LogP contribution in [0.25, 0.3) is 11.1 Å². The van der Waals surface area contributed by atoms with Gasteiger partial charge in [-0.25, -0.2) is 9.59 Å². The number of likely N-dealkylation sites (tertiary alicyclic amines) is 1. The van der Waals surface area contributed by atoms with Crippen molar-refractivity contribution >= 4 is 17.8 Å². The number of fused-ring (bicyclic) bond motifs is 3. The molecule has 1 saturated heterocycles. The number of carboxylic acids is 1. The molecule has 0 spiro atoms. The Labute approximate surface area is 174 Å². The molecule has 0 bridgehead atoms. The maximum atomic E-state index is 13.1. The van der Waals surface area contributed by atoms with Crippen molar-refractivity contribution < 1.29 is 24.2 Å². The second kappa shape index (κ2) is 7.57. The second-order valence-electron chi connectivity index (χ2n) is 7.81. The van der Waals surface area contributed by atoms with Gasteiger partial charge in [0.1, 0.15) is 6.61 Å². The second-order valence-corrected chi connectivity index (χ2v) is 7.81. The lowest BCUT2D eigenvalue weighted by atomic mass is 9.94. The van der Waals surface area contributed by atoms with Gasteiger partial charge in [0.2, 0.25) is 11.4 Å². The molecular formula is C23H24N2O5. The fraction of sp³-hybridized carbons (Fsp3) is 0.348. The summed E-state index contributed by atoms with van der Waals surface area (Å²) in [6.45, 7) is 1.63. The van der Waals surface area contributed by atoms with Gasteiger partial charge in [-0.05, 0) is 22.3 Å². The highest BCUT2D eigenvalue weighted by Crippen LogP contribution is 2.44. The molecule has 1 aliphatic heterocycles. The van der Waals surface area contributed by atoms with Crippen molar-refractivity contribution in [2.75, 3.05) is 13.2 Å². The smallest absolute Gasteiger partial charge is 0.344 e. The topological polar surface area (TPSA) is 110 Å². The number of carboxylic acid groups (broad SMARTS) is 1. The summed E-state index contributed by atoms with van der Waals surface area (Å²) < 4.78 is 5.59. The quantitative estimate of drug-likeness (QED) is 0.579. The van der Waals surface area contributed by atoms with Gasteiger partial charge in [0.25, 0.3) is 0 Å². The highest BCUT2D eigenvalue weighted by atomic mass is 16.5. The molecular weight excluding hydrogens is 384 g/mol. The maximum Gasteiger partial charge on any atom is 0.344 e. The van der Waals surface area contributed by atoms with Gasteiger partial charge in [-0.3, -0.25) is 4.79 Å². The van der Waals surface area contributed by atoms with Crippen molar-refractivity contribution in [1.29, 1.82) is 0 Å². The van der Waals surface area contributed by atoms with E-state index in [1.807, 2.05) is 48.5 Å². The third-order valence-electron chi connectivity index (χ3n) is 6.07. The minimum atomic E-state index is -2.08. The molecule has 7 heteroatoms. The Balaban J connectivity index is 1.62. The van der Waals surface area contributed by atoms with Crippen molar-refractivity contribution in [3.63, 3.8) is 0 Å². The van der Waals surface area contributed by atoms with E-state index in [1.54, 1.807) is 6.92 Å². The first-order valence-corrected chi connectivity index (χ1v) is 10.0. The van der Waals surface area contributed by atoms with Crippen LogP contribution in [0.3, 0.4) is 0 Å². The summed E-state index contributed by atoms with van der Waals surface area (Å²) in [5, 5.41) is 9.92. The number of amides is 1. The molecule has 7 nitrogen and oxygen atoms in total. The van der Waals surface area contributed by atoms with Gasteiger partial charge in [0.05, 0.1) is 0 Å². The summed E-state index contributed by atoms with van der Waals surface area (Å²) in [6, 6.07) is 15.2. The SMILES string of the molecule is CCC(=O)N1C[C@@H](N)C[C@]1(C(=O)O)C(=O)OCC1c2ccccc2-c2ccccc21. The van der Waals surface area contributed by atoms with E-state index >= 15 is 0 Å². The molecule has 30 heavy (non-hydrogen) atoms. The van der Waals surface area contributed by atoms with Gasteiger partial charge in [-0.2, -0.15) is 0 Å². The molecule has 0 aromatic heterocycles. The van der Waals surface area contributed by atoms with Gasteiger partial charge in [-0.1, -0.05) is 55.5 Å². The first-order chi connectivity index (χ1) is 14.4. The average molecular weight is 408 g/mol. The van der Waals surface area contributed by atoms with Gasteiger partial charge >= 0.3 is 11.9 Å². The van der Waals surface area contributed by atoms with Crippen molar-refractivity contribution in [2.24, 2.45) is 5.73 Å². The largest absolute Gasteiger partial charge is 0.479 e. The van der Waals surface area contributed by atoms with Crippen LogP contribution in [0.1, 0.15) is 36.8 Å². The Bertz CT molecular complexity index is 975. The van der Waals surface area contributed by atoms with E-state index in [2.05, 4.69) is 0 Å². The van der Waals surface area contributed by atoms with Crippen molar-refractivity contribution in [1.82, 2.24) is 4.90 Å². The van der Waals surface area contributed by atoms with Crippen LogP contribution in [0.15, 0.2) is 48.5 Å². The number of esters is 1. The fourth-order valence-electron chi connectivity index (χ4n) is 4.65. The van der Waals surface area contributed by atoms with Crippen LogP contribution < -0.4 is 5.73 Å². The molecule has 1 amide bonds. The lowest BCUT2D eigenvalue weighted by Gasteiger charge is -2.32. The Morgan fingerprint density at radius 1 is 1.10 bits per heavy atom. The number of rotatable bonds is 5. The predicted octanol–water partition coefficient (Wildman–Crippen LogP) is 2.14. The zero-order valence-electron chi connectivity index (χ0n) is 16.7. The number of benzene rings is 2. The van der Waals surface area contributed by atoms with Crippen LogP contribution in [-0.2, 0) is 19.1 Å². The van der Waals surface area contributed by atoms with E-state index < -0.39 is 29.4 Å².